The molecule has 1 unspecified atom stereocenters. The lowest BCUT2D eigenvalue weighted by Gasteiger charge is -2.20. The topological polar surface area (TPSA) is 12.0 Å². The van der Waals surface area contributed by atoms with Gasteiger partial charge in [0.15, 0.2) is 11.6 Å². The highest BCUT2D eigenvalue weighted by Crippen LogP contribution is 2.28. The molecule has 0 fully saturated rings. The minimum absolute atomic E-state index is 0.0453. The fourth-order valence-corrected chi connectivity index (χ4v) is 3.26. The number of hydrogen-bond donors (Lipinski definition) is 1. The molecule has 1 N–H and O–H groups in total. The molecule has 5 heteroatoms. The number of nitrogens with one attached hydrogen (secondary N) is 1. The van der Waals surface area contributed by atoms with Crippen LogP contribution in [0.15, 0.2) is 40.9 Å². The van der Waals surface area contributed by atoms with Crippen LogP contribution in [0.25, 0.3) is 0 Å². The summed E-state index contributed by atoms with van der Waals surface area (Å²) in [4.78, 5) is 0. The molecule has 2 aromatic rings. The van der Waals surface area contributed by atoms with Crippen LogP contribution in [0.2, 0.25) is 0 Å². The molecular weight excluding hydrogens is 451 g/mol. The van der Waals surface area contributed by atoms with E-state index in [2.05, 4.69) is 49.9 Å². The normalized spacial score (nSPS) is 12.4. The lowest BCUT2D eigenvalue weighted by molar-refractivity contribution is 0.502. The van der Waals surface area contributed by atoms with E-state index in [1.807, 2.05) is 19.1 Å². The predicted octanol–water partition coefficient (Wildman–Crippen LogP) is 5.23. The number of halogens is 4. The van der Waals surface area contributed by atoms with Gasteiger partial charge in [-0.05, 0) is 77.0 Å². The largest absolute Gasteiger partial charge is 0.310 e. The van der Waals surface area contributed by atoms with Crippen LogP contribution in [0, 0.1) is 15.2 Å². The molecule has 0 amide bonds. The van der Waals surface area contributed by atoms with E-state index in [1.54, 1.807) is 6.07 Å². The average molecular weight is 466 g/mol. The summed E-state index contributed by atoms with van der Waals surface area (Å²) >= 11 is 5.83. The lowest BCUT2D eigenvalue weighted by atomic mass is 9.98. The van der Waals surface area contributed by atoms with Crippen molar-refractivity contribution in [1.82, 2.24) is 5.32 Å². The monoisotopic (exact) mass is 465 g/mol. The minimum atomic E-state index is -0.811. The third kappa shape index (κ3) is 4.47. The van der Waals surface area contributed by atoms with E-state index in [1.165, 1.54) is 12.1 Å². The first kappa shape index (κ1) is 16.8. The van der Waals surface area contributed by atoms with Crippen LogP contribution in [0.5, 0.6) is 0 Å². The van der Waals surface area contributed by atoms with Gasteiger partial charge in [-0.15, -0.1) is 0 Å². The van der Waals surface area contributed by atoms with Gasteiger partial charge in [-0.3, -0.25) is 0 Å². The van der Waals surface area contributed by atoms with Gasteiger partial charge in [-0.25, -0.2) is 8.78 Å². The molecule has 0 saturated carbocycles. The molecule has 1 atom stereocenters. The van der Waals surface area contributed by atoms with Gasteiger partial charge in [0.2, 0.25) is 0 Å². The second-order valence-electron chi connectivity index (χ2n) is 4.73. The van der Waals surface area contributed by atoms with E-state index in [4.69, 9.17) is 0 Å². The van der Waals surface area contributed by atoms with Gasteiger partial charge in [0.05, 0.1) is 0 Å². The van der Waals surface area contributed by atoms with Gasteiger partial charge in [0.1, 0.15) is 0 Å². The van der Waals surface area contributed by atoms with Gasteiger partial charge < -0.3 is 5.32 Å². The standard InChI is InChI=1S/C16H15BrF2IN/c1-2-21-16(12-9-11(20)4-5-13(12)17)8-10-3-6-14(18)15(19)7-10/h3-7,9,16,21H,2,8H2,1H3. The highest BCUT2D eigenvalue weighted by Gasteiger charge is 2.15. The summed E-state index contributed by atoms with van der Waals surface area (Å²) in [5.74, 6) is -1.61. The predicted molar refractivity (Wildman–Crippen MR) is 93.3 cm³/mol. The second-order valence-corrected chi connectivity index (χ2v) is 6.83. The van der Waals surface area contributed by atoms with E-state index >= 15 is 0 Å². The molecule has 0 aromatic heterocycles. The molecule has 0 aliphatic carbocycles. The van der Waals surface area contributed by atoms with E-state index < -0.39 is 11.6 Å². The first-order valence-electron chi connectivity index (χ1n) is 6.63. The van der Waals surface area contributed by atoms with Crippen LogP contribution in [0.3, 0.4) is 0 Å². The van der Waals surface area contributed by atoms with Crippen molar-refractivity contribution >= 4 is 38.5 Å². The third-order valence-electron chi connectivity index (χ3n) is 3.21. The van der Waals surface area contributed by atoms with Gasteiger partial charge in [-0.1, -0.05) is 28.9 Å². The van der Waals surface area contributed by atoms with Crippen LogP contribution in [-0.2, 0) is 6.42 Å². The van der Waals surface area contributed by atoms with Gasteiger partial charge in [-0.2, -0.15) is 0 Å². The summed E-state index contributed by atoms with van der Waals surface area (Å²) in [6, 6.07) is 10.2. The Bertz CT molecular complexity index is 634. The summed E-state index contributed by atoms with van der Waals surface area (Å²) in [7, 11) is 0. The van der Waals surface area contributed by atoms with Crippen molar-refractivity contribution in [1.29, 1.82) is 0 Å². The summed E-state index contributed by atoms with van der Waals surface area (Å²) in [5, 5.41) is 3.40. The van der Waals surface area contributed by atoms with Crippen molar-refractivity contribution in [2.24, 2.45) is 0 Å². The summed E-state index contributed by atoms with van der Waals surface area (Å²) in [6.07, 6.45) is 0.601. The van der Waals surface area contributed by atoms with Crippen molar-refractivity contribution in [3.05, 3.63) is 67.2 Å². The number of benzene rings is 2. The molecule has 0 bridgehead atoms. The smallest absolute Gasteiger partial charge is 0.159 e. The molecule has 2 rings (SSSR count). The Balaban J connectivity index is 2.30. The Hall–Kier alpha value is -0.530. The fourth-order valence-electron chi connectivity index (χ4n) is 2.22. The zero-order valence-electron chi connectivity index (χ0n) is 11.5. The Kier molecular flexibility index (Phi) is 6.13. The maximum atomic E-state index is 13.4. The quantitative estimate of drug-likeness (QED) is 0.596. The molecule has 0 aliphatic rings. The Morgan fingerprint density at radius 3 is 2.57 bits per heavy atom. The first-order chi connectivity index (χ1) is 10.0. The van der Waals surface area contributed by atoms with Gasteiger partial charge in [0, 0.05) is 14.1 Å². The SMILES string of the molecule is CCNC(Cc1ccc(F)c(F)c1)c1cc(I)ccc1Br. The van der Waals surface area contributed by atoms with Crippen LogP contribution in [-0.4, -0.2) is 6.54 Å². The van der Waals surface area contributed by atoms with Crippen LogP contribution >= 0.6 is 38.5 Å². The fraction of sp³-hybridized carbons (Fsp3) is 0.250. The summed E-state index contributed by atoms with van der Waals surface area (Å²) in [5.41, 5.74) is 1.89. The molecule has 0 saturated heterocycles. The van der Waals surface area contributed by atoms with E-state index in [-0.39, 0.29) is 6.04 Å². The third-order valence-corrected chi connectivity index (χ3v) is 4.60. The van der Waals surface area contributed by atoms with Crippen molar-refractivity contribution in [2.75, 3.05) is 6.54 Å². The molecule has 0 aliphatic heterocycles. The summed E-state index contributed by atoms with van der Waals surface area (Å²) < 4.78 is 28.5. The van der Waals surface area contributed by atoms with Crippen LogP contribution < -0.4 is 5.32 Å². The molecule has 1 nitrogen and oxygen atoms in total. The molecule has 0 radical (unpaired) electrons. The maximum Gasteiger partial charge on any atom is 0.159 e. The summed E-state index contributed by atoms with van der Waals surface area (Å²) in [6.45, 7) is 2.83. The highest BCUT2D eigenvalue weighted by molar-refractivity contribution is 14.1. The molecule has 0 heterocycles. The average Bonchev–Trinajstić information content (AvgIpc) is 2.45. The Morgan fingerprint density at radius 1 is 1.14 bits per heavy atom. The van der Waals surface area contributed by atoms with Crippen LogP contribution in [0.1, 0.15) is 24.1 Å². The van der Waals surface area contributed by atoms with Crippen LogP contribution in [0.4, 0.5) is 8.78 Å². The van der Waals surface area contributed by atoms with E-state index in [0.717, 1.165) is 25.7 Å². The molecule has 112 valence electrons. The first-order valence-corrected chi connectivity index (χ1v) is 8.50. The van der Waals surface area contributed by atoms with E-state index in [9.17, 15) is 8.78 Å². The van der Waals surface area contributed by atoms with Gasteiger partial charge >= 0.3 is 0 Å². The number of hydrogen-bond acceptors (Lipinski definition) is 1. The van der Waals surface area contributed by atoms with Crippen molar-refractivity contribution < 1.29 is 8.78 Å². The van der Waals surface area contributed by atoms with Crippen molar-refractivity contribution in [3.8, 4) is 0 Å². The Morgan fingerprint density at radius 2 is 1.90 bits per heavy atom. The minimum Gasteiger partial charge on any atom is -0.310 e. The van der Waals surface area contributed by atoms with Crippen molar-refractivity contribution in [3.63, 3.8) is 0 Å². The molecule has 2 aromatic carbocycles. The number of likely N-dealkylation sites (N-methyl/N-ethyl adjacent to an activating group) is 1. The highest BCUT2D eigenvalue weighted by atomic mass is 127. The zero-order chi connectivity index (χ0) is 15.4. The maximum absolute atomic E-state index is 13.4. The molecule has 0 spiro atoms. The number of rotatable bonds is 5. The molecule has 21 heavy (non-hydrogen) atoms. The van der Waals surface area contributed by atoms with E-state index in [0.29, 0.717) is 6.42 Å². The van der Waals surface area contributed by atoms with Gasteiger partial charge in [0.25, 0.3) is 0 Å². The van der Waals surface area contributed by atoms with Crippen molar-refractivity contribution in [2.45, 2.75) is 19.4 Å². The lowest BCUT2D eigenvalue weighted by Crippen LogP contribution is -2.23. The zero-order valence-corrected chi connectivity index (χ0v) is 15.2. The Labute approximate surface area is 145 Å². The second kappa shape index (κ2) is 7.65. The molecular formula is C16H15BrF2IN.